The van der Waals surface area contributed by atoms with E-state index in [1.54, 1.807) is 0 Å². The van der Waals surface area contributed by atoms with E-state index in [0.29, 0.717) is 23.7 Å². The Morgan fingerprint density at radius 3 is 2.92 bits per heavy atom. The Bertz CT molecular complexity index is 919. The molecule has 0 saturated heterocycles. The average Bonchev–Trinajstić information content (AvgIpc) is 3.03. The van der Waals surface area contributed by atoms with Crippen molar-refractivity contribution in [2.45, 2.75) is 38.6 Å². The molecule has 0 aliphatic carbocycles. The second-order valence-corrected chi connectivity index (χ2v) is 7.12. The van der Waals surface area contributed by atoms with Gasteiger partial charge in [0.25, 0.3) is 5.91 Å². The molecule has 1 amide bonds. The van der Waals surface area contributed by atoms with E-state index in [1.807, 2.05) is 35.9 Å². The van der Waals surface area contributed by atoms with E-state index in [2.05, 4.69) is 20.1 Å². The Morgan fingerprint density at radius 1 is 1.23 bits per heavy atom. The van der Waals surface area contributed by atoms with Gasteiger partial charge in [-0.25, -0.2) is 0 Å². The number of nitrogens with one attached hydrogen (secondary N) is 1. The molecule has 3 aromatic rings. The molecule has 0 unspecified atom stereocenters. The van der Waals surface area contributed by atoms with Crippen LogP contribution in [-0.4, -0.2) is 31.8 Å². The zero-order valence-corrected chi connectivity index (χ0v) is 15.6. The van der Waals surface area contributed by atoms with Gasteiger partial charge in [-0.2, -0.15) is 0 Å². The summed E-state index contributed by atoms with van der Waals surface area (Å²) in [5.41, 5.74) is 1.44. The second-order valence-electron chi connectivity index (χ2n) is 6.74. The molecule has 0 atom stereocenters. The van der Waals surface area contributed by atoms with Gasteiger partial charge in [-0.05, 0) is 18.9 Å². The highest BCUT2D eigenvalue weighted by Gasteiger charge is 2.20. The Balaban J connectivity index is 1.46. The molecule has 0 fully saturated rings. The molecule has 0 bridgehead atoms. The Kier molecular flexibility index (Phi) is 4.68. The van der Waals surface area contributed by atoms with Gasteiger partial charge in [0.2, 0.25) is 0 Å². The van der Waals surface area contributed by atoms with Crippen LogP contribution >= 0.6 is 11.6 Å². The van der Waals surface area contributed by atoms with Crippen LogP contribution in [0.4, 0.5) is 0 Å². The van der Waals surface area contributed by atoms with Gasteiger partial charge in [0, 0.05) is 43.9 Å². The smallest absolute Gasteiger partial charge is 0.269 e. The van der Waals surface area contributed by atoms with Gasteiger partial charge in [0.1, 0.15) is 17.3 Å². The number of carbonyl (C=O) groups is 1. The van der Waals surface area contributed by atoms with Crippen molar-refractivity contribution in [2.24, 2.45) is 7.05 Å². The summed E-state index contributed by atoms with van der Waals surface area (Å²) in [6.45, 7) is 1.48. The predicted molar refractivity (Wildman–Crippen MR) is 102 cm³/mol. The van der Waals surface area contributed by atoms with Gasteiger partial charge in [0.05, 0.1) is 5.02 Å². The maximum Gasteiger partial charge on any atom is 0.269 e. The molecule has 4 rings (SSSR count). The standard InChI is InChI=1S/C19H22ClN5O/c1-24-14-8-5-4-7-13(14)17(20)18(24)19(26)21-11-10-16-23-22-15-9-3-2-6-12-25(15)16/h4-5,7-8H,2-3,6,9-12H2,1H3,(H,21,26). The van der Waals surface area contributed by atoms with E-state index in [-0.39, 0.29) is 5.91 Å². The van der Waals surface area contributed by atoms with Crippen molar-refractivity contribution in [3.63, 3.8) is 0 Å². The highest BCUT2D eigenvalue weighted by Crippen LogP contribution is 2.29. The molecule has 0 saturated carbocycles. The minimum atomic E-state index is -0.163. The number of amides is 1. The average molecular weight is 372 g/mol. The second kappa shape index (κ2) is 7.11. The lowest BCUT2D eigenvalue weighted by atomic mass is 10.2. The monoisotopic (exact) mass is 371 g/mol. The lowest BCUT2D eigenvalue weighted by Gasteiger charge is -2.09. The highest BCUT2D eigenvalue weighted by molar-refractivity contribution is 6.38. The van der Waals surface area contributed by atoms with Crippen LogP contribution in [0.25, 0.3) is 10.9 Å². The molecule has 136 valence electrons. The molecule has 26 heavy (non-hydrogen) atoms. The molecule has 1 aromatic carbocycles. The molecular formula is C19H22ClN5O. The Morgan fingerprint density at radius 2 is 2.08 bits per heavy atom. The molecule has 1 aliphatic heterocycles. The summed E-state index contributed by atoms with van der Waals surface area (Å²) in [5.74, 6) is 1.86. The van der Waals surface area contributed by atoms with Crippen LogP contribution in [-0.2, 0) is 26.4 Å². The molecule has 0 radical (unpaired) electrons. The van der Waals surface area contributed by atoms with Crippen molar-refractivity contribution in [3.05, 3.63) is 46.6 Å². The summed E-state index contributed by atoms with van der Waals surface area (Å²) in [7, 11) is 1.86. The van der Waals surface area contributed by atoms with Crippen LogP contribution in [0, 0.1) is 0 Å². The van der Waals surface area contributed by atoms with Crippen LogP contribution in [0.5, 0.6) is 0 Å². The number of halogens is 1. The number of hydrogen-bond acceptors (Lipinski definition) is 3. The van der Waals surface area contributed by atoms with Gasteiger partial charge in [-0.1, -0.05) is 36.2 Å². The normalized spacial score (nSPS) is 14.2. The third-order valence-electron chi connectivity index (χ3n) is 5.08. The number of rotatable bonds is 4. The van der Waals surface area contributed by atoms with E-state index in [1.165, 1.54) is 12.8 Å². The SMILES string of the molecule is Cn1c(C(=O)NCCc2nnc3n2CCCCC3)c(Cl)c2ccccc21. The Hall–Kier alpha value is -2.34. The quantitative estimate of drug-likeness (QED) is 0.766. The van der Waals surface area contributed by atoms with Crippen molar-refractivity contribution < 1.29 is 4.79 Å². The van der Waals surface area contributed by atoms with Gasteiger partial charge >= 0.3 is 0 Å². The summed E-state index contributed by atoms with van der Waals surface area (Å²) in [6, 6.07) is 7.76. The van der Waals surface area contributed by atoms with Crippen molar-refractivity contribution in [1.29, 1.82) is 0 Å². The van der Waals surface area contributed by atoms with Crippen molar-refractivity contribution in [3.8, 4) is 0 Å². The molecule has 3 heterocycles. The van der Waals surface area contributed by atoms with Gasteiger partial charge < -0.3 is 14.5 Å². The number of hydrogen-bond donors (Lipinski definition) is 1. The minimum Gasteiger partial charge on any atom is -0.350 e. The lowest BCUT2D eigenvalue weighted by molar-refractivity contribution is 0.0946. The molecule has 0 spiro atoms. The van der Waals surface area contributed by atoms with E-state index >= 15 is 0 Å². The van der Waals surface area contributed by atoms with Crippen LogP contribution in [0.3, 0.4) is 0 Å². The largest absolute Gasteiger partial charge is 0.350 e. The summed E-state index contributed by atoms with van der Waals surface area (Å²) in [5, 5.41) is 13.0. The molecule has 7 heteroatoms. The third kappa shape index (κ3) is 2.98. The number of para-hydroxylation sites is 1. The van der Waals surface area contributed by atoms with Gasteiger partial charge in [0.15, 0.2) is 0 Å². The van der Waals surface area contributed by atoms with E-state index in [9.17, 15) is 4.79 Å². The summed E-state index contributed by atoms with van der Waals surface area (Å²) in [6.07, 6.45) is 5.23. The van der Waals surface area contributed by atoms with Gasteiger partial charge in [-0.3, -0.25) is 4.79 Å². The molecule has 1 aliphatic rings. The highest BCUT2D eigenvalue weighted by atomic mass is 35.5. The van der Waals surface area contributed by atoms with E-state index < -0.39 is 0 Å². The zero-order chi connectivity index (χ0) is 18.1. The number of aromatic nitrogens is 4. The summed E-state index contributed by atoms with van der Waals surface area (Å²) >= 11 is 6.44. The number of fused-ring (bicyclic) bond motifs is 2. The van der Waals surface area contributed by atoms with Crippen molar-refractivity contribution in [2.75, 3.05) is 6.54 Å². The number of nitrogens with zero attached hydrogens (tertiary/aromatic N) is 4. The Labute approximate surface area is 157 Å². The first kappa shape index (κ1) is 17.1. The topological polar surface area (TPSA) is 64.7 Å². The van der Waals surface area contributed by atoms with E-state index in [0.717, 1.165) is 41.9 Å². The van der Waals surface area contributed by atoms with Gasteiger partial charge in [-0.15, -0.1) is 10.2 Å². The molecular weight excluding hydrogens is 350 g/mol. The fourth-order valence-electron chi connectivity index (χ4n) is 3.70. The third-order valence-corrected chi connectivity index (χ3v) is 5.46. The fraction of sp³-hybridized carbons (Fsp3) is 0.421. The number of benzene rings is 1. The first-order valence-electron chi connectivity index (χ1n) is 9.09. The molecule has 6 nitrogen and oxygen atoms in total. The minimum absolute atomic E-state index is 0.163. The zero-order valence-electron chi connectivity index (χ0n) is 14.8. The number of aryl methyl sites for hydroxylation is 2. The molecule has 1 N–H and O–H groups in total. The predicted octanol–water partition coefficient (Wildman–Crippen LogP) is 3.12. The van der Waals surface area contributed by atoms with Crippen LogP contribution in [0.1, 0.15) is 41.4 Å². The van der Waals surface area contributed by atoms with Crippen LogP contribution in [0.15, 0.2) is 24.3 Å². The fourth-order valence-corrected chi connectivity index (χ4v) is 4.07. The summed E-state index contributed by atoms with van der Waals surface area (Å²) in [4.78, 5) is 12.7. The first-order valence-corrected chi connectivity index (χ1v) is 9.46. The maximum atomic E-state index is 12.7. The lowest BCUT2D eigenvalue weighted by Crippen LogP contribution is -2.28. The maximum absolute atomic E-state index is 12.7. The van der Waals surface area contributed by atoms with Crippen LogP contribution < -0.4 is 5.32 Å². The first-order chi connectivity index (χ1) is 12.7. The number of carbonyl (C=O) groups excluding carboxylic acids is 1. The molecule has 2 aromatic heterocycles. The van der Waals surface area contributed by atoms with Crippen molar-refractivity contribution in [1.82, 2.24) is 24.6 Å². The van der Waals surface area contributed by atoms with Crippen LogP contribution in [0.2, 0.25) is 5.02 Å². The summed E-state index contributed by atoms with van der Waals surface area (Å²) < 4.78 is 4.05. The van der Waals surface area contributed by atoms with Crippen molar-refractivity contribution >= 4 is 28.4 Å². The van der Waals surface area contributed by atoms with E-state index in [4.69, 9.17) is 11.6 Å².